The lowest BCUT2D eigenvalue weighted by atomic mass is 10.2. The lowest BCUT2D eigenvalue weighted by Gasteiger charge is -2.15. The first-order valence-electron chi connectivity index (χ1n) is 11.1. The number of fused-ring (bicyclic) bond motifs is 1. The van der Waals surface area contributed by atoms with Crippen LogP contribution in [0, 0.1) is 0 Å². The van der Waals surface area contributed by atoms with Crippen molar-refractivity contribution in [1.29, 1.82) is 0 Å². The Hall–Kier alpha value is -2.73. The first-order chi connectivity index (χ1) is 16.1. The number of aromatic amines is 1. The van der Waals surface area contributed by atoms with E-state index in [4.69, 9.17) is 32.7 Å². The van der Waals surface area contributed by atoms with Crippen molar-refractivity contribution in [1.82, 2.24) is 15.3 Å². The van der Waals surface area contributed by atoms with E-state index < -0.39 is 0 Å². The smallest absolute Gasteiger partial charge is 0.163 e. The molecule has 0 aliphatic carbocycles. The fourth-order valence-electron chi connectivity index (χ4n) is 3.61. The summed E-state index contributed by atoms with van der Waals surface area (Å²) in [5.74, 6) is 2.31. The molecule has 33 heavy (non-hydrogen) atoms. The van der Waals surface area contributed by atoms with Crippen LogP contribution in [0.3, 0.4) is 0 Å². The SMILES string of the molecule is CCOc1cc(CNCCCc2nc3ccccc3[nH]2)c(Cl)cc1OCc1cccc(Cl)c1. The van der Waals surface area contributed by atoms with Crippen LogP contribution in [0.25, 0.3) is 11.0 Å². The van der Waals surface area contributed by atoms with Crippen molar-refractivity contribution in [2.24, 2.45) is 0 Å². The number of aryl methyl sites for hydroxylation is 1. The summed E-state index contributed by atoms with van der Waals surface area (Å²) in [6, 6.07) is 19.4. The van der Waals surface area contributed by atoms with Gasteiger partial charge in [0.05, 0.1) is 17.6 Å². The highest BCUT2D eigenvalue weighted by Crippen LogP contribution is 2.34. The maximum atomic E-state index is 6.55. The van der Waals surface area contributed by atoms with Crippen molar-refractivity contribution >= 4 is 34.2 Å². The van der Waals surface area contributed by atoms with Gasteiger partial charge in [0.2, 0.25) is 0 Å². The van der Waals surface area contributed by atoms with Gasteiger partial charge in [-0.05, 0) is 61.3 Å². The van der Waals surface area contributed by atoms with E-state index in [0.29, 0.717) is 41.3 Å². The molecule has 0 unspecified atom stereocenters. The highest BCUT2D eigenvalue weighted by Gasteiger charge is 2.12. The minimum absolute atomic E-state index is 0.385. The first-order valence-corrected chi connectivity index (χ1v) is 11.8. The maximum Gasteiger partial charge on any atom is 0.163 e. The van der Waals surface area contributed by atoms with E-state index in [9.17, 15) is 0 Å². The Bertz CT molecular complexity index is 1180. The largest absolute Gasteiger partial charge is 0.490 e. The summed E-state index contributed by atoms with van der Waals surface area (Å²) >= 11 is 12.6. The summed E-state index contributed by atoms with van der Waals surface area (Å²) in [6.07, 6.45) is 1.85. The molecule has 0 radical (unpaired) electrons. The number of H-pyrrole nitrogens is 1. The van der Waals surface area contributed by atoms with E-state index in [1.807, 2.05) is 67.6 Å². The fourth-order valence-corrected chi connectivity index (χ4v) is 4.04. The Morgan fingerprint density at radius 2 is 1.82 bits per heavy atom. The molecule has 0 bridgehead atoms. The van der Waals surface area contributed by atoms with E-state index in [2.05, 4.69) is 15.3 Å². The highest BCUT2D eigenvalue weighted by atomic mass is 35.5. The van der Waals surface area contributed by atoms with Crippen molar-refractivity contribution in [3.05, 3.63) is 87.7 Å². The topological polar surface area (TPSA) is 59.2 Å². The molecular weight excluding hydrogens is 457 g/mol. The summed E-state index contributed by atoms with van der Waals surface area (Å²) in [5, 5.41) is 4.79. The molecule has 2 N–H and O–H groups in total. The zero-order valence-corrected chi connectivity index (χ0v) is 20.0. The van der Waals surface area contributed by atoms with Crippen LogP contribution in [0.5, 0.6) is 11.5 Å². The third-order valence-electron chi connectivity index (χ3n) is 5.22. The summed E-state index contributed by atoms with van der Waals surface area (Å²) in [4.78, 5) is 8.00. The molecular formula is C26H27Cl2N3O2. The van der Waals surface area contributed by atoms with Gasteiger partial charge in [0.25, 0.3) is 0 Å². The van der Waals surface area contributed by atoms with Crippen LogP contribution in [0.4, 0.5) is 0 Å². The summed E-state index contributed by atoms with van der Waals surface area (Å²) in [7, 11) is 0. The van der Waals surface area contributed by atoms with Gasteiger partial charge in [-0.15, -0.1) is 0 Å². The molecule has 0 amide bonds. The molecule has 1 heterocycles. The first kappa shape index (κ1) is 23.4. The standard InChI is InChI=1S/C26H27Cl2N3O2/c1-2-32-24-14-19(21(28)15-25(24)33-17-18-7-5-8-20(27)13-18)16-29-12-6-11-26-30-22-9-3-4-10-23(22)31-26/h3-5,7-10,13-15,29H,2,6,11-12,16-17H2,1H3,(H,30,31). The van der Waals surface area contributed by atoms with Gasteiger partial charge in [0, 0.05) is 29.1 Å². The Kier molecular flexibility index (Phi) is 8.10. The third kappa shape index (κ3) is 6.41. The van der Waals surface area contributed by atoms with Crippen LogP contribution < -0.4 is 14.8 Å². The monoisotopic (exact) mass is 483 g/mol. The number of hydrogen-bond acceptors (Lipinski definition) is 4. The van der Waals surface area contributed by atoms with Gasteiger partial charge in [0.1, 0.15) is 12.4 Å². The molecule has 0 aliphatic rings. The number of benzene rings is 3. The number of aromatic nitrogens is 2. The second-order valence-corrected chi connectivity index (χ2v) is 8.57. The molecule has 0 aliphatic heterocycles. The quantitative estimate of drug-likeness (QED) is 0.237. The summed E-state index contributed by atoms with van der Waals surface area (Å²) < 4.78 is 11.8. The van der Waals surface area contributed by atoms with E-state index in [1.54, 1.807) is 0 Å². The van der Waals surface area contributed by atoms with E-state index >= 15 is 0 Å². The molecule has 0 saturated heterocycles. The zero-order chi connectivity index (χ0) is 23.0. The molecule has 4 aromatic rings. The number of nitrogens with one attached hydrogen (secondary N) is 2. The maximum absolute atomic E-state index is 6.55. The average Bonchev–Trinajstić information content (AvgIpc) is 3.22. The summed E-state index contributed by atoms with van der Waals surface area (Å²) in [6.45, 7) is 4.37. The van der Waals surface area contributed by atoms with Crippen LogP contribution in [0.1, 0.15) is 30.3 Å². The average molecular weight is 484 g/mol. The van der Waals surface area contributed by atoms with Crippen molar-refractivity contribution in [2.75, 3.05) is 13.2 Å². The second-order valence-electron chi connectivity index (χ2n) is 7.72. The second kappa shape index (κ2) is 11.4. The zero-order valence-electron chi connectivity index (χ0n) is 18.5. The Balaban J connectivity index is 1.31. The van der Waals surface area contributed by atoms with Crippen LogP contribution in [0.15, 0.2) is 60.7 Å². The molecule has 0 atom stereocenters. The predicted octanol–water partition coefficient (Wildman–Crippen LogP) is 6.57. The van der Waals surface area contributed by atoms with Gasteiger partial charge < -0.3 is 19.8 Å². The minimum atomic E-state index is 0.385. The molecule has 0 fully saturated rings. The van der Waals surface area contributed by atoms with Crippen molar-refractivity contribution in [3.8, 4) is 11.5 Å². The van der Waals surface area contributed by atoms with Gasteiger partial charge in [-0.2, -0.15) is 0 Å². The van der Waals surface area contributed by atoms with Gasteiger partial charge in [-0.3, -0.25) is 0 Å². The summed E-state index contributed by atoms with van der Waals surface area (Å²) in [5.41, 5.74) is 4.04. The lowest BCUT2D eigenvalue weighted by Crippen LogP contribution is -2.16. The normalized spacial score (nSPS) is 11.1. The molecule has 1 aromatic heterocycles. The number of ether oxygens (including phenoxy) is 2. The molecule has 172 valence electrons. The van der Waals surface area contributed by atoms with Crippen LogP contribution >= 0.6 is 23.2 Å². The van der Waals surface area contributed by atoms with E-state index in [1.165, 1.54) is 0 Å². The van der Waals surface area contributed by atoms with Crippen molar-refractivity contribution < 1.29 is 9.47 Å². The molecule has 3 aromatic carbocycles. The van der Waals surface area contributed by atoms with Crippen molar-refractivity contribution in [3.63, 3.8) is 0 Å². The Morgan fingerprint density at radius 1 is 0.970 bits per heavy atom. The lowest BCUT2D eigenvalue weighted by molar-refractivity contribution is 0.269. The number of nitrogens with zero attached hydrogens (tertiary/aromatic N) is 1. The fraction of sp³-hybridized carbons (Fsp3) is 0.269. The highest BCUT2D eigenvalue weighted by molar-refractivity contribution is 6.31. The van der Waals surface area contributed by atoms with Crippen molar-refractivity contribution in [2.45, 2.75) is 32.9 Å². The third-order valence-corrected chi connectivity index (χ3v) is 5.80. The van der Waals surface area contributed by atoms with Gasteiger partial charge in [-0.1, -0.05) is 47.5 Å². The van der Waals surface area contributed by atoms with Crippen LogP contribution in [-0.2, 0) is 19.6 Å². The molecule has 4 rings (SSSR count). The minimum Gasteiger partial charge on any atom is -0.490 e. The van der Waals surface area contributed by atoms with Gasteiger partial charge in [0.15, 0.2) is 11.5 Å². The van der Waals surface area contributed by atoms with Crippen LogP contribution in [-0.4, -0.2) is 23.1 Å². The predicted molar refractivity (Wildman–Crippen MR) is 135 cm³/mol. The Morgan fingerprint density at radius 3 is 2.64 bits per heavy atom. The molecule has 7 heteroatoms. The van der Waals surface area contributed by atoms with E-state index in [-0.39, 0.29) is 0 Å². The van der Waals surface area contributed by atoms with Gasteiger partial charge >= 0.3 is 0 Å². The molecule has 0 saturated carbocycles. The van der Waals surface area contributed by atoms with Crippen LogP contribution in [0.2, 0.25) is 10.0 Å². The Labute approximate surface area is 204 Å². The number of hydrogen-bond donors (Lipinski definition) is 2. The molecule has 0 spiro atoms. The number of para-hydroxylation sites is 2. The molecule has 5 nitrogen and oxygen atoms in total. The van der Waals surface area contributed by atoms with Gasteiger partial charge in [-0.25, -0.2) is 4.98 Å². The number of rotatable bonds is 11. The number of imidazole rings is 1. The number of halogens is 2. The van der Waals surface area contributed by atoms with E-state index in [0.717, 1.165) is 47.4 Å².